The number of nitro groups is 1. The Balaban J connectivity index is 2.74. The van der Waals surface area contributed by atoms with Crippen molar-refractivity contribution in [3.63, 3.8) is 0 Å². The molecule has 0 spiro atoms. The Morgan fingerprint density at radius 3 is 2.67 bits per heavy atom. The van der Waals surface area contributed by atoms with Gasteiger partial charge in [0, 0.05) is 22.9 Å². The molecule has 0 amide bonds. The minimum atomic E-state index is -0.491. The van der Waals surface area contributed by atoms with Gasteiger partial charge in [-0.05, 0) is 25.0 Å². The molecule has 0 aliphatic rings. The zero-order chi connectivity index (χ0) is 15.6. The summed E-state index contributed by atoms with van der Waals surface area (Å²) in [5.74, 6) is 0. The standard InChI is InChI=1S/C15H13N3O3/c1-3-10-4-5-11(7-14(10)18(20)21)12-6-9(2)17-15(19)13(12)8-16/h4-7H,3H2,1-2H3,(H,17,19). The van der Waals surface area contributed by atoms with Crippen LogP contribution in [0.5, 0.6) is 0 Å². The molecule has 0 unspecified atom stereocenters. The van der Waals surface area contributed by atoms with E-state index in [-0.39, 0.29) is 11.3 Å². The first-order chi connectivity index (χ1) is 9.97. The molecule has 1 N–H and O–H groups in total. The largest absolute Gasteiger partial charge is 0.325 e. The molecule has 0 saturated carbocycles. The van der Waals surface area contributed by atoms with Crippen LogP contribution in [0, 0.1) is 28.4 Å². The third kappa shape index (κ3) is 2.67. The highest BCUT2D eigenvalue weighted by atomic mass is 16.6. The Morgan fingerprint density at radius 2 is 2.10 bits per heavy atom. The second-order valence-electron chi connectivity index (χ2n) is 4.64. The number of pyridine rings is 1. The minimum absolute atomic E-state index is 0.00294. The van der Waals surface area contributed by atoms with E-state index < -0.39 is 10.5 Å². The molecule has 2 rings (SSSR count). The number of benzene rings is 1. The fourth-order valence-corrected chi connectivity index (χ4v) is 2.23. The molecule has 0 radical (unpaired) electrons. The van der Waals surface area contributed by atoms with Crippen molar-refractivity contribution < 1.29 is 4.92 Å². The number of nitrogens with zero attached hydrogens (tertiary/aromatic N) is 2. The van der Waals surface area contributed by atoms with E-state index in [1.54, 1.807) is 25.1 Å². The van der Waals surface area contributed by atoms with Crippen LogP contribution < -0.4 is 5.56 Å². The first-order valence-electron chi connectivity index (χ1n) is 6.39. The van der Waals surface area contributed by atoms with Gasteiger partial charge in [-0.2, -0.15) is 5.26 Å². The van der Waals surface area contributed by atoms with Crippen molar-refractivity contribution in [2.45, 2.75) is 20.3 Å². The number of rotatable bonds is 3. The van der Waals surface area contributed by atoms with E-state index in [9.17, 15) is 14.9 Å². The molecule has 0 atom stereocenters. The average molecular weight is 283 g/mol. The molecule has 1 heterocycles. The molecule has 1 aromatic heterocycles. The third-order valence-electron chi connectivity index (χ3n) is 3.25. The van der Waals surface area contributed by atoms with Gasteiger partial charge in [-0.1, -0.05) is 19.1 Å². The smallest absolute Gasteiger partial charge is 0.273 e. The van der Waals surface area contributed by atoms with E-state index >= 15 is 0 Å². The average Bonchev–Trinajstić information content (AvgIpc) is 2.45. The summed E-state index contributed by atoms with van der Waals surface area (Å²) in [7, 11) is 0. The quantitative estimate of drug-likeness (QED) is 0.691. The summed E-state index contributed by atoms with van der Waals surface area (Å²) in [6.07, 6.45) is 0.538. The van der Waals surface area contributed by atoms with Crippen LogP contribution in [0.4, 0.5) is 5.69 Å². The molecule has 1 aromatic carbocycles. The van der Waals surface area contributed by atoms with Crippen molar-refractivity contribution >= 4 is 5.69 Å². The van der Waals surface area contributed by atoms with Crippen LogP contribution in [0.15, 0.2) is 29.1 Å². The number of hydrogen-bond donors (Lipinski definition) is 1. The predicted octanol–water partition coefficient (Wildman–Crippen LogP) is 2.69. The van der Waals surface area contributed by atoms with Gasteiger partial charge >= 0.3 is 0 Å². The molecule has 2 aromatic rings. The number of nitro benzene ring substituents is 1. The van der Waals surface area contributed by atoms with Crippen molar-refractivity contribution in [1.29, 1.82) is 5.26 Å². The normalized spacial score (nSPS) is 10.1. The van der Waals surface area contributed by atoms with Crippen molar-refractivity contribution in [2.75, 3.05) is 0 Å². The highest BCUT2D eigenvalue weighted by Gasteiger charge is 2.16. The predicted molar refractivity (Wildman–Crippen MR) is 78.0 cm³/mol. The van der Waals surface area contributed by atoms with E-state index in [1.807, 2.05) is 13.0 Å². The molecular formula is C15H13N3O3. The van der Waals surface area contributed by atoms with Gasteiger partial charge in [0.25, 0.3) is 11.2 Å². The number of aryl methyl sites for hydroxylation is 2. The lowest BCUT2D eigenvalue weighted by Crippen LogP contribution is -2.12. The monoisotopic (exact) mass is 283 g/mol. The fourth-order valence-electron chi connectivity index (χ4n) is 2.23. The topological polar surface area (TPSA) is 99.8 Å². The summed E-state index contributed by atoms with van der Waals surface area (Å²) in [5.41, 5.74) is 1.57. The molecule has 0 saturated heterocycles. The van der Waals surface area contributed by atoms with E-state index in [0.29, 0.717) is 28.8 Å². The molecule has 0 aliphatic carbocycles. The van der Waals surface area contributed by atoms with Gasteiger partial charge in [0.15, 0.2) is 0 Å². The molecule has 6 heteroatoms. The fraction of sp³-hybridized carbons (Fsp3) is 0.200. The summed E-state index contributed by atoms with van der Waals surface area (Å²) < 4.78 is 0. The molecular weight excluding hydrogens is 270 g/mol. The number of nitrogens with one attached hydrogen (secondary N) is 1. The molecule has 6 nitrogen and oxygen atoms in total. The lowest BCUT2D eigenvalue weighted by atomic mass is 9.98. The molecule has 21 heavy (non-hydrogen) atoms. The van der Waals surface area contributed by atoms with Gasteiger partial charge in [0.05, 0.1) is 4.92 Å². The lowest BCUT2D eigenvalue weighted by molar-refractivity contribution is -0.385. The summed E-state index contributed by atoms with van der Waals surface area (Å²) in [5, 5.41) is 20.3. The highest BCUT2D eigenvalue weighted by Crippen LogP contribution is 2.28. The first kappa shape index (κ1) is 14.5. The maximum Gasteiger partial charge on any atom is 0.273 e. The van der Waals surface area contributed by atoms with Gasteiger partial charge in [0.2, 0.25) is 0 Å². The molecule has 0 bridgehead atoms. The molecule has 106 valence electrons. The van der Waals surface area contributed by atoms with Crippen LogP contribution in [0.25, 0.3) is 11.1 Å². The maximum absolute atomic E-state index is 11.8. The van der Waals surface area contributed by atoms with Crippen LogP contribution in [-0.4, -0.2) is 9.91 Å². The van der Waals surface area contributed by atoms with Gasteiger partial charge in [-0.3, -0.25) is 14.9 Å². The highest BCUT2D eigenvalue weighted by molar-refractivity contribution is 5.73. The maximum atomic E-state index is 11.8. The first-order valence-corrected chi connectivity index (χ1v) is 6.39. The van der Waals surface area contributed by atoms with Crippen LogP contribution in [0.3, 0.4) is 0 Å². The van der Waals surface area contributed by atoms with Crippen molar-refractivity contribution in [1.82, 2.24) is 4.98 Å². The summed E-state index contributed by atoms with van der Waals surface area (Å²) in [6, 6.07) is 8.26. The Kier molecular flexibility index (Phi) is 3.85. The van der Waals surface area contributed by atoms with Crippen LogP contribution in [-0.2, 0) is 6.42 Å². The number of nitriles is 1. The second kappa shape index (κ2) is 5.59. The van der Waals surface area contributed by atoms with Gasteiger partial charge < -0.3 is 4.98 Å². The Labute approximate surface area is 120 Å². The van der Waals surface area contributed by atoms with Crippen LogP contribution in [0.2, 0.25) is 0 Å². The van der Waals surface area contributed by atoms with Gasteiger partial charge in [-0.15, -0.1) is 0 Å². The van der Waals surface area contributed by atoms with E-state index in [4.69, 9.17) is 5.26 Å². The minimum Gasteiger partial charge on any atom is -0.325 e. The number of aromatic nitrogens is 1. The number of H-pyrrole nitrogens is 1. The van der Waals surface area contributed by atoms with Crippen molar-refractivity contribution in [3.05, 3.63) is 61.6 Å². The third-order valence-corrected chi connectivity index (χ3v) is 3.25. The zero-order valence-electron chi connectivity index (χ0n) is 11.6. The SMILES string of the molecule is CCc1ccc(-c2cc(C)[nH]c(=O)c2C#N)cc1[N+](=O)[O-]. The second-order valence-corrected chi connectivity index (χ2v) is 4.64. The summed E-state index contributed by atoms with van der Waals surface area (Å²) >= 11 is 0. The van der Waals surface area contributed by atoms with E-state index in [1.165, 1.54) is 6.07 Å². The summed E-state index contributed by atoms with van der Waals surface area (Å²) in [4.78, 5) is 25.0. The molecule has 0 fully saturated rings. The van der Waals surface area contributed by atoms with Crippen molar-refractivity contribution in [2.24, 2.45) is 0 Å². The van der Waals surface area contributed by atoms with Crippen molar-refractivity contribution in [3.8, 4) is 17.2 Å². The Morgan fingerprint density at radius 1 is 1.38 bits per heavy atom. The van der Waals surface area contributed by atoms with Crippen LogP contribution >= 0.6 is 0 Å². The Bertz CT molecular complexity index is 816. The van der Waals surface area contributed by atoms with Gasteiger partial charge in [-0.25, -0.2) is 0 Å². The molecule has 0 aliphatic heterocycles. The Hall–Kier alpha value is -2.94. The number of aromatic amines is 1. The zero-order valence-corrected chi connectivity index (χ0v) is 11.6. The van der Waals surface area contributed by atoms with Gasteiger partial charge in [0.1, 0.15) is 11.6 Å². The number of hydrogen-bond acceptors (Lipinski definition) is 4. The summed E-state index contributed by atoms with van der Waals surface area (Å²) in [6.45, 7) is 3.53. The van der Waals surface area contributed by atoms with E-state index in [2.05, 4.69) is 4.98 Å². The lowest BCUT2D eigenvalue weighted by Gasteiger charge is -2.07. The van der Waals surface area contributed by atoms with E-state index in [0.717, 1.165) is 0 Å². The van der Waals surface area contributed by atoms with Crippen LogP contribution in [0.1, 0.15) is 23.7 Å².